The molecule has 0 spiro atoms. The van der Waals surface area contributed by atoms with Crippen LogP contribution < -0.4 is 0 Å². The van der Waals surface area contributed by atoms with E-state index in [1.54, 1.807) is 0 Å². The molecule has 0 amide bonds. The van der Waals surface area contributed by atoms with Crippen LogP contribution in [0, 0.1) is 0 Å². The van der Waals surface area contributed by atoms with Crippen molar-refractivity contribution < 1.29 is 9.74 Å². The Kier molecular flexibility index (Phi) is 5.77. The molecule has 1 saturated heterocycles. The van der Waals surface area contributed by atoms with Gasteiger partial charge in [-0.2, -0.15) is 0 Å². The molecule has 0 unspecified atom stereocenters. The topological polar surface area (TPSA) is 65.6 Å². The van der Waals surface area contributed by atoms with Crippen LogP contribution in [0.2, 0.25) is 0 Å². The van der Waals surface area contributed by atoms with E-state index in [-0.39, 0.29) is 6.61 Å². The van der Waals surface area contributed by atoms with E-state index in [0.29, 0.717) is 6.04 Å². The number of nitrogens with zero attached hydrogens (tertiary/aromatic N) is 4. The molecule has 1 N–H and O–H groups in total. The SMILES string of the molecule is OCC[C@H]1CN(Cc2cccc3nonc23)CCN1CCc1ccccc1. The fraction of sp³-hybridized carbons (Fsp3) is 0.429. The highest BCUT2D eigenvalue weighted by atomic mass is 16.6. The van der Waals surface area contributed by atoms with E-state index >= 15 is 0 Å². The summed E-state index contributed by atoms with van der Waals surface area (Å²) in [5, 5.41) is 17.5. The second kappa shape index (κ2) is 8.61. The highest BCUT2D eigenvalue weighted by molar-refractivity contribution is 5.76. The number of fused-ring (bicyclic) bond motifs is 1. The number of piperazine rings is 1. The zero-order valence-electron chi connectivity index (χ0n) is 15.5. The van der Waals surface area contributed by atoms with E-state index in [1.807, 2.05) is 12.1 Å². The average Bonchev–Trinajstić information content (AvgIpc) is 3.18. The van der Waals surface area contributed by atoms with Crippen LogP contribution in [0.25, 0.3) is 11.0 Å². The summed E-state index contributed by atoms with van der Waals surface area (Å²) in [5.74, 6) is 0. The number of rotatable bonds is 7. The van der Waals surface area contributed by atoms with Crippen molar-refractivity contribution >= 4 is 11.0 Å². The molecule has 142 valence electrons. The van der Waals surface area contributed by atoms with Crippen molar-refractivity contribution in [3.05, 3.63) is 59.7 Å². The molecular formula is C21H26N4O2. The van der Waals surface area contributed by atoms with Gasteiger partial charge in [0.25, 0.3) is 0 Å². The van der Waals surface area contributed by atoms with Crippen LogP contribution in [0.1, 0.15) is 17.5 Å². The Morgan fingerprint density at radius 1 is 1.04 bits per heavy atom. The van der Waals surface area contributed by atoms with Gasteiger partial charge in [-0.1, -0.05) is 42.5 Å². The van der Waals surface area contributed by atoms with Gasteiger partial charge in [-0.3, -0.25) is 9.80 Å². The zero-order chi connectivity index (χ0) is 18.5. The Morgan fingerprint density at radius 3 is 2.78 bits per heavy atom. The van der Waals surface area contributed by atoms with Crippen molar-refractivity contribution in [1.82, 2.24) is 20.1 Å². The third kappa shape index (κ3) is 4.35. The van der Waals surface area contributed by atoms with Gasteiger partial charge in [0, 0.05) is 45.4 Å². The predicted octanol–water partition coefficient (Wildman–Crippen LogP) is 2.33. The lowest BCUT2D eigenvalue weighted by Crippen LogP contribution is -2.53. The van der Waals surface area contributed by atoms with Crippen molar-refractivity contribution in [2.45, 2.75) is 25.4 Å². The van der Waals surface area contributed by atoms with E-state index < -0.39 is 0 Å². The zero-order valence-corrected chi connectivity index (χ0v) is 15.5. The Labute approximate surface area is 159 Å². The van der Waals surface area contributed by atoms with Gasteiger partial charge in [-0.25, -0.2) is 4.63 Å². The van der Waals surface area contributed by atoms with E-state index in [1.165, 1.54) is 5.56 Å². The van der Waals surface area contributed by atoms with E-state index in [9.17, 15) is 5.11 Å². The van der Waals surface area contributed by atoms with Gasteiger partial charge >= 0.3 is 0 Å². The fourth-order valence-corrected chi connectivity index (χ4v) is 3.97. The minimum Gasteiger partial charge on any atom is -0.396 e. The number of aliphatic hydroxyl groups is 1. The Balaban J connectivity index is 1.39. The summed E-state index contributed by atoms with van der Waals surface area (Å²) in [6.07, 6.45) is 1.85. The highest BCUT2D eigenvalue weighted by Gasteiger charge is 2.26. The van der Waals surface area contributed by atoms with Gasteiger partial charge in [-0.15, -0.1) is 0 Å². The van der Waals surface area contributed by atoms with Crippen molar-refractivity contribution in [3.8, 4) is 0 Å². The Morgan fingerprint density at radius 2 is 1.93 bits per heavy atom. The summed E-state index contributed by atoms with van der Waals surface area (Å²) in [5.41, 5.74) is 4.17. The largest absolute Gasteiger partial charge is 0.396 e. The normalized spacial score (nSPS) is 18.9. The third-order valence-corrected chi connectivity index (χ3v) is 5.45. The number of aliphatic hydroxyl groups excluding tert-OH is 1. The van der Waals surface area contributed by atoms with Crippen LogP contribution in [-0.4, -0.2) is 64.0 Å². The van der Waals surface area contributed by atoms with Crippen molar-refractivity contribution in [2.75, 3.05) is 32.8 Å². The molecular weight excluding hydrogens is 340 g/mol. The highest BCUT2D eigenvalue weighted by Crippen LogP contribution is 2.20. The average molecular weight is 366 g/mol. The molecule has 6 nitrogen and oxygen atoms in total. The van der Waals surface area contributed by atoms with Crippen LogP contribution in [0.3, 0.4) is 0 Å². The quantitative estimate of drug-likeness (QED) is 0.692. The summed E-state index contributed by atoms with van der Waals surface area (Å²) in [6.45, 7) is 5.08. The second-order valence-electron chi connectivity index (χ2n) is 7.22. The van der Waals surface area contributed by atoms with Gasteiger partial charge in [0.2, 0.25) is 0 Å². The van der Waals surface area contributed by atoms with Crippen LogP contribution in [-0.2, 0) is 13.0 Å². The summed E-state index contributed by atoms with van der Waals surface area (Å²) in [6, 6.07) is 17.0. The van der Waals surface area contributed by atoms with Gasteiger partial charge < -0.3 is 5.11 Å². The maximum atomic E-state index is 9.54. The predicted molar refractivity (Wildman–Crippen MR) is 104 cm³/mol. The fourth-order valence-electron chi connectivity index (χ4n) is 3.97. The van der Waals surface area contributed by atoms with Crippen LogP contribution in [0.4, 0.5) is 0 Å². The summed E-state index contributed by atoms with van der Waals surface area (Å²) in [7, 11) is 0. The monoisotopic (exact) mass is 366 g/mol. The van der Waals surface area contributed by atoms with Crippen molar-refractivity contribution in [2.24, 2.45) is 0 Å². The van der Waals surface area contributed by atoms with Crippen molar-refractivity contribution in [3.63, 3.8) is 0 Å². The molecule has 4 rings (SSSR count). The molecule has 3 aromatic rings. The van der Waals surface area contributed by atoms with E-state index in [4.69, 9.17) is 4.63 Å². The second-order valence-corrected chi connectivity index (χ2v) is 7.22. The lowest BCUT2D eigenvalue weighted by Gasteiger charge is -2.41. The number of hydrogen-bond donors (Lipinski definition) is 1. The number of aromatic nitrogens is 2. The van der Waals surface area contributed by atoms with Gasteiger partial charge in [0.15, 0.2) is 0 Å². The molecule has 0 radical (unpaired) electrons. The number of benzene rings is 2. The lowest BCUT2D eigenvalue weighted by atomic mass is 10.1. The summed E-state index contributed by atoms with van der Waals surface area (Å²) in [4.78, 5) is 4.97. The summed E-state index contributed by atoms with van der Waals surface area (Å²) >= 11 is 0. The lowest BCUT2D eigenvalue weighted by molar-refractivity contribution is 0.0563. The molecule has 0 saturated carbocycles. The standard InChI is InChI=1S/C21H26N4O2/c26-14-10-19-16-24(15-18-7-4-8-20-21(18)23-27-22-20)12-13-25(19)11-9-17-5-2-1-3-6-17/h1-8,19,26H,9-16H2/t19-/m0/s1. The van der Waals surface area contributed by atoms with E-state index in [2.05, 4.69) is 56.5 Å². The summed E-state index contributed by atoms with van der Waals surface area (Å²) < 4.78 is 4.89. The molecule has 1 atom stereocenters. The third-order valence-electron chi connectivity index (χ3n) is 5.45. The molecule has 2 aromatic carbocycles. The minimum absolute atomic E-state index is 0.225. The molecule has 2 heterocycles. The van der Waals surface area contributed by atoms with Gasteiger partial charge in [0.1, 0.15) is 11.0 Å². The first-order chi connectivity index (χ1) is 13.3. The molecule has 1 aromatic heterocycles. The molecule has 6 heteroatoms. The molecule has 1 aliphatic heterocycles. The van der Waals surface area contributed by atoms with E-state index in [0.717, 1.165) is 62.2 Å². The van der Waals surface area contributed by atoms with Crippen LogP contribution in [0.15, 0.2) is 53.2 Å². The molecule has 27 heavy (non-hydrogen) atoms. The van der Waals surface area contributed by atoms with Crippen LogP contribution in [0.5, 0.6) is 0 Å². The first-order valence-corrected chi connectivity index (χ1v) is 9.65. The Bertz CT molecular complexity index is 852. The maximum Gasteiger partial charge on any atom is 0.139 e. The first kappa shape index (κ1) is 18.1. The minimum atomic E-state index is 0.225. The molecule has 0 aliphatic carbocycles. The molecule has 1 aliphatic rings. The molecule has 0 bridgehead atoms. The Hall–Kier alpha value is -2.28. The van der Waals surface area contributed by atoms with Crippen molar-refractivity contribution in [1.29, 1.82) is 0 Å². The molecule has 1 fully saturated rings. The van der Waals surface area contributed by atoms with Gasteiger partial charge in [-0.05, 0) is 40.3 Å². The number of hydrogen-bond acceptors (Lipinski definition) is 6. The van der Waals surface area contributed by atoms with Gasteiger partial charge in [0.05, 0.1) is 0 Å². The smallest absolute Gasteiger partial charge is 0.139 e. The maximum absolute atomic E-state index is 9.54. The van der Waals surface area contributed by atoms with Crippen LogP contribution >= 0.6 is 0 Å². The first-order valence-electron chi connectivity index (χ1n) is 9.65.